The van der Waals surface area contributed by atoms with Gasteiger partial charge < -0.3 is 10.1 Å². The van der Waals surface area contributed by atoms with E-state index < -0.39 is 12.4 Å². The fourth-order valence-corrected chi connectivity index (χ4v) is 3.77. The minimum Gasteiger partial charge on any atom is -0.465 e. The highest BCUT2D eigenvalue weighted by Crippen LogP contribution is 2.34. The molecule has 0 fully saturated rings. The summed E-state index contributed by atoms with van der Waals surface area (Å²) < 4.78 is 30.1. The van der Waals surface area contributed by atoms with Gasteiger partial charge in [0.2, 0.25) is 0 Å². The number of nitrogens with zero attached hydrogens (tertiary/aromatic N) is 2. The fourth-order valence-electron chi connectivity index (χ4n) is 2.63. The van der Waals surface area contributed by atoms with Crippen molar-refractivity contribution >= 4 is 33.3 Å². The molecule has 2 heterocycles. The van der Waals surface area contributed by atoms with E-state index in [4.69, 9.17) is 4.74 Å². The highest BCUT2D eigenvalue weighted by molar-refractivity contribution is 7.20. The van der Waals surface area contributed by atoms with Gasteiger partial charge in [0.1, 0.15) is 21.3 Å². The normalized spacial score (nSPS) is 11.2. The first-order valence-corrected chi connectivity index (χ1v) is 8.69. The zero-order valence-corrected chi connectivity index (χ0v) is 15.3. The summed E-state index contributed by atoms with van der Waals surface area (Å²) in [5.41, 5.74) is 1.60. The summed E-state index contributed by atoms with van der Waals surface area (Å²) in [6.45, 7) is 4.01. The maximum atomic E-state index is 12.6. The standard InChI is InChI=1S/C18H17F2N3O2S/c1-9-13-16(21-8-11-4-6-12(7-5-11)15(19)20)22-10(2)23-17(13)26-14(9)18(24)25-3/h4-7,15H,8H2,1-3H3,(H,21,22,23). The quantitative estimate of drug-likeness (QED) is 0.656. The van der Waals surface area contributed by atoms with Gasteiger partial charge in [0.25, 0.3) is 6.43 Å². The Morgan fingerprint density at radius 3 is 2.54 bits per heavy atom. The summed E-state index contributed by atoms with van der Waals surface area (Å²) in [4.78, 5) is 21.9. The number of anilines is 1. The first-order chi connectivity index (χ1) is 12.4. The Bertz CT molecular complexity index is 955. The number of alkyl halides is 2. The topological polar surface area (TPSA) is 64.1 Å². The monoisotopic (exact) mass is 377 g/mol. The van der Waals surface area contributed by atoms with Crippen LogP contribution in [0, 0.1) is 13.8 Å². The van der Waals surface area contributed by atoms with Crippen molar-refractivity contribution in [1.82, 2.24) is 9.97 Å². The Labute approximate surface area is 153 Å². The number of carbonyl (C=O) groups excluding carboxylic acids is 1. The van der Waals surface area contributed by atoms with Crippen LogP contribution in [-0.4, -0.2) is 23.0 Å². The Kier molecular flexibility index (Phi) is 5.13. The van der Waals surface area contributed by atoms with Crippen molar-refractivity contribution in [2.75, 3.05) is 12.4 Å². The third-order valence-electron chi connectivity index (χ3n) is 3.96. The number of fused-ring (bicyclic) bond motifs is 1. The van der Waals surface area contributed by atoms with E-state index in [1.165, 1.54) is 30.6 Å². The van der Waals surface area contributed by atoms with Crippen LogP contribution < -0.4 is 5.32 Å². The van der Waals surface area contributed by atoms with Crippen LogP contribution in [0.15, 0.2) is 24.3 Å². The van der Waals surface area contributed by atoms with Crippen molar-refractivity contribution in [2.45, 2.75) is 26.8 Å². The van der Waals surface area contributed by atoms with Crippen molar-refractivity contribution in [3.63, 3.8) is 0 Å². The Morgan fingerprint density at radius 1 is 1.23 bits per heavy atom. The molecule has 1 N–H and O–H groups in total. The van der Waals surface area contributed by atoms with Gasteiger partial charge >= 0.3 is 5.97 Å². The van der Waals surface area contributed by atoms with Gasteiger partial charge in [-0.3, -0.25) is 0 Å². The van der Waals surface area contributed by atoms with Crippen LogP contribution in [0.3, 0.4) is 0 Å². The molecule has 3 rings (SSSR count). The summed E-state index contributed by atoms with van der Waals surface area (Å²) >= 11 is 1.26. The van der Waals surface area contributed by atoms with Gasteiger partial charge in [-0.1, -0.05) is 24.3 Å². The highest BCUT2D eigenvalue weighted by Gasteiger charge is 2.20. The van der Waals surface area contributed by atoms with Crippen molar-refractivity contribution < 1.29 is 18.3 Å². The van der Waals surface area contributed by atoms with Gasteiger partial charge in [-0.05, 0) is 25.0 Å². The molecule has 2 aromatic heterocycles. The maximum Gasteiger partial charge on any atom is 0.348 e. The molecule has 0 saturated heterocycles. The van der Waals surface area contributed by atoms with E-state index in [1.54, 1.807) is 19.1 Å². The van der Waals surface area contributed by atoms with Crippen LogP contribution in [0.25, 0.3) is 10.2 Å². The smallest absolute Gasteiger partial charge is 0.348 e. The maximum absolute atomic E-state index is 12.6. The molecule has 0 spiro atoms. The molecule has 1 aromatic carbocycles. The lowest BCUT2D eigenvalue weighted by Gasteiger charge is -2.09. The Balaban J connectivity index is 1.91. The van der Waals surface area contributed by atoms with E-state index in [2.05, 4.69) is 15.3 Å². The van der Waals surface area contributed by atoms with Crippen LogP contribution in [0.4, 0.5) is 14.6 Å². The molecule has 0 unspecified atom stereocenters. The zero-order valence-electron chi connectivity index (χ0n) is 14.5. The largest absolute Gasteiger partial charge is 0.465 e. The second-order valence-electron chi connectivity index (χ2n) is 5.74. The van der Waals surface area contributed by atoms with Crippen molar-refractivity contribution in [3.05, 3.63) is 51.7 Å². The third-order valence-corrected chi connectivity index (χ3v) is 5.13. The van der Waals surface area contributed by atoms with Gasteiger partial charge in [-0.2, -0.15) is 0 Å². The molecular formula is C18H17F2N3O2S. The summed E-state index contributed by atoms with van der Waals surface area (Å²) in [6.07, 6.45) is -2.48. The van der Waals surface area contributed by atoms with Crippen LogP contribution in [0.5, 0.6) is 0 Å². The summed E-state index contributed by atoms with van der Waals surface area (Å²) in [5, 5.41) is 3.99. The molecule has 0 bridgehead atoms. The van der Waals surface area contributed by atoms with Gasteiger partial charge in [0.05, 0.1) is 12.5 Å². The number of carbonyl (C=O) groups is 1. The molecule has 0 aliphatic heterocycles. The van der Waals surface area contributed by atoms with E-state index in [0.29, 0.717) is 27.9 Å². The number of hydrogen-bond acceptors (Lipinski definition) is 6. The number of aryl methyl sites for hydroxylation is 2. The van der Waals surface area contributed by atoms with Gasteiger partial charge in [0.15, 0.2) is 0 Å². The Morgan fingerprint density at radius 2 is 1.92 bits per heavy atom. The molecule has 0 radical (unpaired) electrons. The van der Waals surface area contributed by atoms with E-state index >= 15 is 0 Å². The average molecular weight is 377 g/mol. The van der Waals surface area contributed by atoms with Gasteiger partial charge in [-0.25, -0.2) is 23.5 Å². The van der Waals surface area contributed by atoms with Crippen molar-refractivity contribution in [1.29, 1.82) is 0 Å². The molecule has 26 heavy (non-hydrogen) atoms. The summed E-state index contributed by atoms with van der Waals surface area (Å²) in [6, 6.07) is 6.13. The SMILES string of the molecule is COC(=O)c1sc2nc(C)nc(NCc3ccc(C(F)F)cc3)c2c1C. The number of hydrogen-bond donors (Lipinski definition) is 1. The van der Waals surface area contributed by atoms with Crippen LogP contribution in [0.1, 0.15) is 38.6 Å². The molecule has 136 valence electrons. The molecule has 0 aliphatic carbocycles. The first-order valence-electron chi connectivity index (χ1n) is 7.87. The Hall–Kier alpha value is -2.61. The number of methoxy groups -OCH3 is 1. The molecule has 3 aromatic rings. The first kappa shape index (κ1) is 18.2. The lowest BCUT2D eigenvalue weighted by Crippen LogP contribution is -2.04. The molecular weight excluding hydrogens is 360 g/mol. The zero-order chi connectivity index (χ0) is 18.8. The number of benzene rings is 1. The lowest BCUT2D eigenvalue weighted by atomic mass is 10.1. The van der Waals surface area contributed by atoms with Gasteiger partial charge in [0, 0.05) is 12.1 Å². The predicted octanol–water partition coefficient (Wildman–Crippen LogP) is 4.64. The van der Waals surface area contributed by atoms with Crippen LogP contribution >= 0.6 is 11.3 Å². The number of thiophene rings is 1. The highest BCUT2D eigenvalue weighted by atomic mass is 32.1. The van der Waals surface area contributed by atoms with E-state index in [1.807, 2.05) is 6.92 Å². The minimum absolute atomic E-state index is 0.00887. The predicted molar refractivity (Wildman–Crippen MR) is 97.0 cm³/mol. The number of halogens is 2. The van der Waals surface area contributed by atoms with Gasteiger partial charge in [-0.15, -0.1) is 11.3 Å². The molecule has 0 saturated carbocycles. The van der Waals surface area contributed by atoms with E-state index in [-0.39, 0.29) is 5.56 Å². The van der Waals surface area contributed by atoms with Crippen molar-refractivity contribution in [3.8, 4) is 0 Å². The van der Waals surface area contributed by atoms with Crippen LogP contribution in [-0.2, 0) is 11.3 Å². The molecule has 5 nitrogen and oxygen atoms in total. The number of esters is 1. The second kappa shape index (κ2) is 7.33. The summed E-state index contributed by atoms with van der Waals surface area (Å²) in [7, 11) is 1.34. The number of ether oxygens (including phenoxy) is 1. The van der Waals surface area contributed by atoms with E-state index in [0.717, 1.165) is 16.5 Å². The number of rotatable bonds is 5. The van der Waals surface area contributed by atoms with E-state index in [9.17, 15) is 13.6 Å². The molecule has 0 aliphatic rings. The third kappa shape index (κ3) is 3.50. The van der Waals surface area contributed by atoms with Crippen molar-refractivity contribution in [2.24, 2.45) is 0 Å². The molecule has 0 atom stereocenters. The number of aromatic nitrogens is 2. The fraction of sp³-hybridized carbons (Fsp3) is 0.278. The number of nitrogens with one attached hydrogen (secondary N) is 1. The average Bonchev–Trinajstić information content (AvgIpc) is 2.95. The molecule has 0 amide bonds. The second-order valence-corrected chi connectivity index (χ2v) is 6.74. The molecule has 8 heteroatoms. The lowest BCUT2D eigenvalue weighted by molar-refractivity contribution is 0.0605. The van der Waals surface area contributed by atoms with Crippen LogP contribution in [0.2, 0.25) is 0 Å². The summed E-state index contributed by atoms with van der Waals surface area (Å²) in [5.74, 6) is 0.775. The minimum atomic E-state index is -2.48.